The van der Waals surface area contributed by atoms with E-state index in [0.717, 1.165) is 21.3 Å². The lowest BCUT2D eigenvalue weighted by Gasteiger charge is -2.49. The summed E-state index contributed by atoms with van der Waals surface area (Å²) in [6.07, 6.45) is -2.51. The number of carbonyl (C=O) groups excluding carboxylic acids is 3. The van der Waals surface area contributed by atoms with Gasteiger partial charge in [-0.3, -0.25) is 14.5 Å². The molecule has 0 bridgehead atoms. The van der Waals surface area contributed by atoms with Crippen molar-refractivity contribution in [3.05, 3.63) is 226 Å². The summed E-state index contributed by atoms with van der Waals surface area (Å²) in [5.74, 6) is -1.47. The number of ether oxygens (including phenoxy) is 1. The van der Waals surface area contributed by atoms with Gasteiger partial charge in [0.2, 0.25) is 6.54 Å². The first-order valence-electron chi connectivity index (χ1n) is 22.6. The summed E-state index contributed by atoms with van der Waals surface area (Å²) in [5.41, 5.74) is 4.12. The number of nitrogens with one attached hydrogen (secondary N) is 2. The number of alkyl halides is 3. The van der Waals surface area contributed by atoms with E-state index < -0.39 is 53.6 Å². The number of benzene rings is 5. The maximum absolute atomic E-state index is 14.7. The number of β-lactam (4-membered cyclic amide) rings is 1. The molecule has 0 spiro atoms. The summed E-state index contributed by atoms with van der Waals surface area (Å²) < 4.78 is 46.6. The van der Waals surface area contributed by atoms with Crippen molar-refractivity contribution in [2.45, 2.75) is 47.6 Å². The van der Waals surface area contributed by atoms with Crippen LogP contribution in [0.25, 0.3) is 0 Å². The van der Waals surface area contributed by atoms with Crippen LogP contribution in [0.3, 0.4) is 0 Å². The number of aromatic nitrogens is 2. The number of thiazole rings is 1. The van der Waals surface area contributed by atoms with Crippen LogP contribution in [0.4, 0.5) is 18.3 Å². The molecule has 0 saturated carbocycles. The van der Waals surface area contributed by atoms with Gasteiger partial charge in [-0.25, -0.2) is 9.78 Å². The topological polar surface area (TPSA) is 126 Å². The molecule has 4 heterocycles. The average molecular weight is 1140 g/mol. The van der Waals surface area contributed by atoms with E-state index in [-0.39, 0.29) is 59.2 Å². The molecule has 2 aromatic heterocycles. The molecule has 11 nitrogen and oxygen atoms in total. The third-order valence-electron chi connectivity index (χ3n) is 11.8. The minimum Gasteiger partial charge on any atom is -1.00 e. The molecule has 0 unspecified atom stereocenters. The molecule has 72 heavy (non-hydrogen) atoms. The molecule has 2 atom stereocenters. The zero-order chi connectivity index (χ0) is 49.4. The Labute approximate surface area is 444 Å². The Morgan fingerprint density at radius 2 is 1.35 bits per heavy atom. The summed E-state index contributed by atoms with van der Waals surface area (Å²) in [6, 6.07) is 50.7. The summed E-state index contributed by atoms with van der Waals surface area (Å²) in [5, 5.41) is 12.3. The first kappa shape index (κ1) is 51.9. The van der Waals surface area contributed by atoms with E-state index in [0.29, 0.717) is 26.7 Å². The molecule has 2 amide bonds. The highest BCUT2D eigenvalue weighted by Crippen LogP contribution is 2.44. The quantitative estimate of drug-likeness (QED) is 0.0138. The van der Waals surface area contributed by atoms with E-state index in [2.05, 4.69) is 15.8 Å². The average Bonchev–Trinajstić information content (AvgIpc) is 3.87. The molecule has 18 heteroatoms. The zero-order valence-corrected chi connectivity index (χ0v) is 43.1. The number of anilines is 1. The van der Waals surface area contributed by atoms with Crippen molar-refractivity contribution >= 4 is 63.5 Å². The normalized spacial score (nSPS) is 15.8. The molecule has 2 aliphatic rings. The number of hydrogen-bond donors (Lipinski definition) is 2. The summed E-state index contributed by atoms with van der Waals surface area (Å²) in [6.45, 7) is 0.758. The van der Waals surface area contributed by atoms with E-state index in [4.69, 9.17) is 14.6 Å². The van der Waals surface area contributed by atoms with Crippen molar-refractivity contribution in [2.24, 2.45) is 5.16 Å². The van der Waals surface area contributed by atoms with Gasteiger partial charge in [0.15, 0.2) is 29.3 Å². The summed E-state index contributed by atoms with van der Waals surface area (Å²) in [4.78, 5) is 55.9. The first-order chi connectivity index (χ1) is 34.5. The Hall–Kier alpha value is -6.48. The van der Waals surface area contributed by atoms with E-state index >= 15 is 0 Å². The Balaban J connectivity index is 0.00000693. The third-order valence-corrected chi connectivity index (χ3v) is 14.9. The van der Waals surface area contributed by atoms with Gasteiger partial charge in [-0.05, 0) is 40.3 Å². The number of esters is 1. The minimum absolute atomic E-state index is 0. The SMILES string of the molecule is CCO/N=C(/C(=O)N[C@@H]1C(=O)N2C(C(=O)OC(c3ccccc3)c3ccccc3)=C(CSc3cc[n+](CC(F)(F)F)cc3)CS[C@H]12)c1csc(NC(c2ccccc2)(c2ccccc2)c2ccccc2)n1.[I-]. The van der Waals surface area contributed by atoms with Crippen LogP contribution < -0.4 is 39.2 Å². The van der Waals surface area contributed by atoms with Crippen LogP contribution in [0.15, 0.2) is 203 Å². The maximum Gasteiger partial charge on any atom is 0.448 e. The number of thioether (sulfide) groups is 2. The molecular formula is C54H46F3IN6O5S3. The summed E-state index contributed by atoms with van der Waals surface area (Å²) in [7, 11) is 0. The van der Waals surface area contributed by atoms with Gasteiger partial charge in [0.1, 0.15) is 35.0 Å². The lowest BCUT2D eigenvalue weighted by atomic mass is 9.77. The number of hydrogen-bond acceptors (Lipinski definition) is 11. The second-order valence-corrected chi connectivity index (χ2v) is 19.4. The number of pyridine rings is 1. The highest BCUT2D eigenvalue weighted by atomic mass is 127. The molecule has 2 N–H and O–H groups in total. The molecule has 5 aromatic carbocycles. The fraction of sp³-hybridized carbons (Fsp3) is 0.185. The minimum atomic E-state index is -4.38. The van der Waals surface area contributed by atoms with Gasteiger partial charge in [0.05, 0.1) is 0 Å². The summed E-state index contributed by atoms with van der Waals surface area (Å²) >= 11 is 3.97. The van der Waals surface area contributed by atoms with Crippen molar-refractivity contribution in [3.8, 4) is 0 Å². The smallest absolute Gasteiger partial charge is 0.448 e. The van der Waals surface area contributed by atoms with Crippen molar-refractivity contribution < 1.29 is 65.7 Å². The Morgan fingerprint density at radius 3 is 1.86 bits per heavy atom. The predicted octanol–water partition coefficient (Wildman–Crippen LogP) is 6.92. The molecule has 0 radical (unpaired) electrons. The van der Waals surface area contributed by atoms with Gasteiger partial charge < -0.3 is 44.2 Å². The van der Waals surface area contributed by atoms with E-state index in [1.165, 1.54) is 52.2 Å². The number of amides is 2. The number of oxime groups is 1. The van der Waals surface area contributed by atoms with Crippen LogP contribution in [0.2, 0.25) is 0 Å². The zero-order valence-electron chi connectivity index (χ0n) is 38.4. The number of halogens is 4. The second kappa shape index (κ2) is 23.4. The second-order valence-electron chi connectivity index (χ2n) is 16.4. The first-order valence-corrected chi connectivity index (χ1v) is 25.5. The number of carbonyl (C=O) groups is 3. The van der Waals surface area contributed by atoms with Gasteiger partial charge in [0, 0.05) is 33.9 Å². The van der Waals surface area contributed by atoms with E-state index in [9.17, 15) is 27.6 Å². The van der Waals surface area contributed by atoms with Gasteiger partial charge in [-0.2, -0.15) is 17.7 Å². The number of nitrogens with zero attached hydrogens (tertiary/aromatic N) is 4. The Bertz CT molecular complexity index is 2890. The van der Waals surface area contributed by atoms with E-state index in [1.54, 1.807) is 24.4 Å². The lowest BCUT2D eigenvalue weighted by molar-refractivity contribution is -0.719. The molecule has 368 valence electrons. The lowest BCUT2D eigenvalue weighted by Crippen LogP contribution is -3.00. The van der Waals surface area contributed by atoms with Gasteiger partial charge in [0.25, 0.3) is 11.8 Å². The van der Waals surface area contributed by atoms with Crippen molar-refractivity contribution in [2.75, 3.05) is 23.4 Å². The van der Waals surface area contributed by atoms with E-state index in [1.807, 2.05) is 152 Å². The fourth-order valence-corrected chi connectivity index (χ4v) is 11.6. The third kappa shape index (κ3) is 11.6. The van der Waals surface area contributed by atoms with Crippen LogP contribution in [0.1, 0.15) is 46.5 Å². The Kier molecular flexibility index (Phi) is 16.8. The molecule has 9 rings (SSSR count). The highest BCUT2D eigenvalue weighted by molar-refractivity contribution is 8.01. The molecule has 1 saturated heterocycles. The van der Waals surface area contributed by atoms with Crippen LogP contribution in [-0.4, -0.2) is 69.1 Å². The monoisotopic (exact) mass is 1140 g/mol. The number of fused-ring (bicyclic) bond motifs is 1. The highest BCUT2D eigenvalue weighted by Gasteiger charge is 2.55. The van der Waals surface area contributed by atoms with Crippen LogP contribution in [0.5, 0.6) is 0 Å². The van der Waals surface area contributed by atoms with Gasteiger partial charge >= 0.3 is 12.1 Å². The molecule has 1 fully saturated rings. The fourth-order valence-electron chi connectivity index (χ4n) is 8.48. The maximum atomic E-state index is 14.7. The van der Waals surface area contributed by atoms with Crippen molar-refractivity contribution in [3.63, 3.8) is 0 Å². The van der Waals surface area contributed by atoms with Crippen molar-refractivity contribution in [1.82, 2.24) is 15.2 Å². The van der Waals surface area contributed by atoms with Crippen LogP contribution in [0, 0.1) is 0 Å². The molecule has 7 aromatic rings. The standard InChI is InChI=1S/C54H45F3N6O5S3.HI/c1-2-67-61-44(43-34-71-52(58-43)60-54(39-22-12-5-13-23-39,40-24-14-6-15-25-40)41-26-16-7-17-27-41)48(64)59-45-49(65)63-46(51(66)68-47(36-18-8-3-9-19-36)37-20-10-4-11-21-37)38(33-70-50(45)63)32-69-42-28-30-62(31-29-42)35-53(55,56)57;/h3-31,34,45,47,50H,2,32-33,35H2,1H3,(H-,58,59,60,64);1H/b61-44+;/t45-,50-;/m1./s1. The van der Waals surface area contributed by atoms with Crippen LogP contribution >= 0.6 is 34.9 Å². The molecule has 0 aliphatic carbocycles. The molecule has 2 aliphatic heterocycles. The Morgan fingerprint density at radius 1 is 0.819 bits per heavy atom. The largest absolute Gasteiger partial charge is 1.00 e. The number of rotatable bonds is 18. The molecular weight excluding hydrogens is 1090 g/mol. The van der Waals surface area contributed by atoms with Crippen molar-refractivity contribution in [1.29, 1.82) is 0 Å². The van der Waals surface area contributed by atoms with Gasteiger partial charge in [-0.15, -0.1) is 34.9 Å². The van der Waals surface area contributed by atoms with Crippen LogP contribution in [-0.2, 0) is 36.0 Å². The predicted molar refractivity (Wildman–Crippen MR) is 269 cm³/mol. The van der Waals surface area contributed by atoms with Gasteiger partial charge in [-0.1, -0.05) is 157 Å².